The Hall–Kier alpha value is -3.29. The number of unbranched alkanes of at least 4 members (excludes halogenated alkanes) is 20. The van der Waals surface area contributed by atoms with Gasteiger partial charge in [0.2, 0.25) is 5.91 Å². The number of hydrogen-bond acceptors (Lipinski definition) is 18. The summed E-state index contributed by atoms with van der Waals surface area (Å²) in [6, 6.07) is -1.01. The number of nitrogens with one attached hydrogen (secondary N) is 1. The van der Waals surface area contributed by atoms with Crippen LogP contribution in [0.25, 0.3) is 0 Å². The molecule has 19 heteroatoms. The molecule has 3 aliphatic rings. The van der Waals surface area contributed by atoms with Crippen LogP contribution in [0, 0.1) is 0 Å². The Labute approximate surface area is 533 Å². The molecule has 0 saturated carbocycles. The Morgan fingerprint density at radius 2 is 0.775 bits per heavy atom. The molecule has 3 heterocycles. The number of aliphatic hydroxyl groups excluding tert-OH is 11. The van der Waals surface area contributed by atoms with Gasteiger partial charge in [-0.25, -0.2) is 0 Å². The molecule has 1 amide bonds. The molecule has 0 aliphatic carbocycles. The van der Waals surface area contributed by atoms with E-state index in [0.717, 1.165) is 70.6 Å². The first-order chi connectivity index (χ1) is 43.3. The number of amides is 1. The van der Waals surface area contributed by atoms with Gasteiger partial charge in [-0.05, 0) is 70.6 Å². The van der Waals surface area contributed by atoms with Gasteiger partial charge in [-0.2, -0.15) is 0 Å². The zero-order chi connectivity index (χ0) is 64.7. The van der Waals surface area contributed by atoms with Crippen LogP contribution in [0.2, 0.25) is 0 Å². The zero-order valence-corrected chi connectivity index (χ0v) is 53.9. The van der Waals surface area contributed by atoms with Crippen molar-refractivity contribution in [2.45, 2.75) is 311 Å². The predicted molar refractivity (Wildman–Crippen MR) is 346 cm³/mol. The van der Waals surface area contributed by atoms with Crippen LogP contribution in [0.3, 0.4) is 0 Å². The van der Waals surface area contributed by atoms with Crippen molar-refractivity contribution in [1.29, 1.82) is 0 Å². The summed E-state index contributed by atoms with van der Waals surface area (Å²) in [5.74, 6) is -0.336. The SMILES string of the molecule is CC/C=C\C/C=C\C/C=C\C/C=C\C/C=C\C/C=C\C/C=C\CCCC(=O)NC(COC1OC(CO)C(OC2OC(CO)C(OC3OC(CO)C(O)C(O)C3O)C(O)C2O)C(O)C1O)C(O)/C=C/CCCCCCCCCCCCCCCCCCCCC. The molecular formula is C70H119NO18. The molecule has 12 N–H and O–H groups in total. The zero-order valence-electron chi connectivity index (χ0n) is 53.9. The highest BCUT2D eigenvalue weighted by molar-refractivity contribution is 5.76. The molecule has 0 aromatic carbocycles. The Bertz CT molecular complexity index is 1990. The summed E-state index contributed by atoms with van der Waals surface area (Å²) in [6.07, 6.45) is 39.5. The maximum Gasteiger partial charge on any atom is 0.220 e. The molecule has 3 fully saturated rings. The van der Waals surface area contributed by atoms with Crippen LogP contribution in [0.5, 0.6) is 0 Å². The van der Waals surface area contributed by atoms with Gasteiger partial charge in [-0.3, -0.25) is 4.79 Å². The predicted octanol–water partition coefficient (Wildman–Crippen LogP) is 8.49. The van der Waals surface area contributed by atoms with Gasteiger partial charge in [0.25, 0.3) is 0 Å². The lowest BCUT2D eigenvalue weighted by molar-refractivity contribution is -0.379. The van der Waals surface area contributed by atoms with Crippen molar-refractivity contribution in [2.75, 3.05) is 26.4 Å². The van der Waals surface area contributed by atoms with Crippen molar-refractivity contribution >= 4 is 5.91 Å². The Balaban J connectivity index is 1.49. The van der Waals surface area contributed by atoms with E-state index in [1.165, 1.54) is 103 Å². The topological polar surface area (TPSA) is 307 Å². The summed E-state index contributed by atoms with van der Waals surface area (Å²) in [5, 5.41) is 120. The van der Waals surface area contributed by atoms with Crippen molar-refractivity contribution in [3.05, 3.63) is 97.2 Å². The number of hydrogen-bond donors (Lipinski definition) is 12. The maximum atomic E-state index is 13.4. The van der Waals surface area contributed by atoms with Crippen molar-refractivity contribution in [1.82, 2.24) is 5.32 Å². The smallest absolute Gasteiger partial charge is 0.220 e. The summed E-state index contributed by atoms with van der Waals surface area (Å²) < 4.78 is 34.3. The second-order valence-corrected chi connectivity index (χ2v) is 23.9. The number of aliphatic hydroxyl groups is 11. The fourth-order valence-electron chi connectivity index (χ4n) is 10.9. The molecular weight excluding hydrogens is 1140 g/mol. The van der Waals surface area contributed by atoms with Gasteiger partial charge < -0.3 is 89.9 Å². The normalized spacial score (nSPS) is 28.8. The van der Waals surface area contributed by atoms with E-state index in [9.17, 15) is 61.0 Å². The third kappa shape index (κ3) is 33.4. The van der Waals surface area contributed by atoms with Crippen LogP contribution in [-0.2, 0) is 33.2 Å². The van der Waals surface area contributed by atoms with E-state index in [1.54, 1.807) is 6.08 Å². The number of rotatable bonds is 50. The largest absolute Gasteiger partial charge is 0.394 e. The maximum absolute atomic E-state index is 13.4. The lowest BCUT2D eigenvalue weighted by Gasteiger charge is -2.48. The van der Waals surface area contributed by atoms with Gasteiger partial charge >= 0.3 is 0 Å². The average molecular weight is 1260 g/mol. The number of carbonyl (C=O) groups excluding carboxylic acids is 1. The molecule has 89 heavy (non-hydrogen) atoms. The lowest BCUT2D eigenvalue weighted by Crippen LogP contribution is -2.66. The van der Waals surface area contributed by atoms with Crippen molar-refractivity contribution in [2.24, 2.45) is 0 Å². The van der Waals surface area contributed by atoms with E-state index < -0.39 is 124 Å². The van der Waals surface area contributed by atoms with Crippen molar-refractivity contribution in [3.8, 4) is 0 Å². The average Bonchev–Trinajstić information content (AvgIpc) is 2.09. The van der Waals surface area contributed by atoms with E-state index in [-0.39, 0.29) is 18.9 Å². The summed E-state index contributed by atoms with van der Waals surface area (Å²) >= 11 is 0. The molecule has 3 aliphatic heterocycles. The van der Waals surface area contributed by atoms with Crippen LogP contribution in [0.4, 0.5) is 0 Å². The minimum Gasteiger partial charge on any atom is -0.394 e. The van der Waals surface area contributed by atoms with Gasteiger partial charge in [0.1, 0.15) is 73.2 Å². The molecule has 0 radical (unpaired) electrons. The van der Waals surface area contributed by atoms with Gasteiger partial charge in [0, 0.05) is 6.42 Å². The fraction of sp³-hybridized carbons (Fsp3) is 0.757. The molecule has 512 valence electrons. The number of carbonyl (C=O) groups is 1. The Morgan fingerprint density at radius 1 is 0.416 bits per heavy atom. The first kappa shape index (κ1) is 79.9. The van der Waals surface area contributed by atoms with E-state index in [0.29, 0.717) is 12.8 Å². The highest BCUT2D eigenvalue weighted by Crippen LogP contribution is 2.33. The molecule has 3 saturated heterocycles. The minimum atomic E-state index is -1.99. The third-order valence-electron chi connectivity index (χ3n) is 16.4. The molecule has 17 unspecified atom stereocenters. The van der Waals surface area contributed by atoms with E-state index in [4.69, 9.17) is 28.4 Å². The van der Waals surface area contributed by atoms with E-state index in [1.807, 2.05) is 12.2 Å². The lowest BCUT2D eigenvalue weighted by atomic mass is 9.96. The summed E-state index contributed by atoms with van der Waals surface area (Å²) in [4.78, 5) is 13.4. The van der Waals surface area contributed by atoms with Gasteiger partial charge in [0.15, 0.2) is 18.9 Å². The highest BCUT2D eigenvalue weighted by atomic mass is 16.8. The van der Waals surface area contributed by atoms with E-state index >= 15 is 0 Å². The first-order valence-electron chi connectivity index (χ1n) is 34.0. The first-order valence-corrected chi connectivity index (χ1v) is 34.0. The minimum absolute atomic E-state index is 0.158. The number of allylic oxidation sites excluding steroid dienone is 15. The van der Waals surface area contributed by atoms with E-state index in [2.05, 4.69) is 98.2 Å². The quantitative estimate of drug-likeness (QED) is 0.0201. The van der Waals surface area contributed by atoms with Gasteiger partial charge in [-0.15, -0.1) is 0 Å². The second-order valence-electron chi connectivity index (χ2n) is 23.9. The molecule has 19 nitrogen and oxygen atoms in total. The monoisotopic (exact) mass is 1260 g/mol. The molecule has 3 rings (SSSR count). The Morgan fingerprint density at radius 3 is 1.20 bits per heavy atom. The van der Waals surface area contributed by atoms with Crippen LogP contribution in [0.15, 0.2) is 97.2 Å². The Kier molecular flexibility index (Phi) is 46.0. The third-order valence-corrected chi connectivity index (χ3v) is 16.4. The molecule has 0 bridgehead atoms. The fourth-order valence-corrected chi connectivity index (χ4v) is 10.9. The molecule has 0 aromatic rings. The molecule has 17 atom stereocenters. The second kappa shape index (κ2) is 51.2. The summed E-state index contributed by atoms with van der Waals surface area (Å²) in [7, 11) is 0. The molecule has 0 aromatic heterocycles. The van der Waals surface area contributed by atoms with Crippen molar-refractivity contribution < 1.29 is 89.4 Å². The van der Waals surface area contributed by atoms with Gasteiger partial charge in [-0.1, -0.05) is 227 Å². The van der Waals surface area contributed by atoms with Gasteiger partial charge in [0.05, 0.1) is 38.6 Å². The van der Waals surface area contributed by atoms with Crippen molar-refractivity contribution in [3.63, 3.8) is 0 Å². The van der Waals surface area contributed by atoms with Crippen LogP contribution in [-0.4, -0.2) is 193 Å². The summed E-state index contributed by atoms with van der Waals surface area (Å²) in [5.41, 5.74) is 0. The standard InChI is InChI=1S/C70H119NO18/c1-3-5-7-9-11-13-15-17-19-21-23-25-26-28-30-32-34-36-38-40-42-44-46-48-58(76)71-53(54(75)47-45-43-41-39-37-35-33-31-29-27-24-22-20-18-16-14-12-10-8-6-4-2)52-84-68-64(82)61(79)66(56(50-73)86-68)89-70-65(83)62(80)67(57(51-74)87-70)88-69-63(81)60(78)59(77)55(49-72)85-69/h5,7,11,13,17,19,23,25,28,30,34,36,40,42,45,47,53-57,59-70,72-75,77-83H,3-4,6,8-10,12,14-16,18,20-22,24,26-27,29,31-33,35,37-39,41,43-44,46,48-52H2,1-2H3,(H,71,76)/b7-5-,13-11-,19-17-,25-23-,30-28-,36-34-,42-40-,47-45+. The van der Waals surface area contributed by atoms with Crippen LogP contribution < -0.4 is 5.32 Å². The van der Waals surface area contributed by atoms with Crippen LogP contribution in [0.1, 0.15) is 206 Å². The summed E-state index contributed by atoms with van der Waals surface area (Å²) in [6.45, 7) is 1.57. The molecule has 0 spiro atoms. The number of ether oxygens (including phenoxy) is 6. The highest BCUT2D eigenvalue weighted by Gasteiger charge is 2.53. The van der Waals surface area contributed by atoms with Crippen LogP contribution >= 0.6 is 0 Å².